The summed E-state index contributed by atoms with van der Waals surface area (Å²) >= 11 is 0. The van der Waals surface area contributed by atoms with Crippen molar-refractivity contribution >= 4 is 17.3 Å². The second-order valence-corrected chi connectivity index (χ2v) is 7.92. The van der Waals surface area contributed by atoms with E-state index < -0.39 is 0 Å². The van der Waals surface area contributed by atoms with Gasteiger partial charge >= 0.3 is 0 Å². The molecule has 0 saturated heterocycles. The summed E-state index contributed by atoms with van der Waals surface area (Å²) in [5.41, 5.74) is 4.11. The van der Waals surface area contributed by atoms with Crippen LogP contribution in [-0.4, -0.2) is 20.7 Å². The predicted octanol–water partition coefficient (Wildman–Crippen LogP) is 4.26. The van der Waals surface area contributed by atoms with Gasteiger partial charge in [-0.1, -0.05) is 17.7 Å². The third-order valence-corrected chi connectivity index (χ3v) is 5.27. The molecule has 0 radical (unpaired) electrons. The summed E-state index contributed by atoms with van der Waals surface area (Å²) < 4.78 is 7.27. The first-order valence-electron chi connectivity index (χ1n) is 10.8. The number of hydrogen-bond acceptors (Lipinski definition) is 6. The van der Waals surface area contributed by atoms with Gasteiger partial charge in [-0.25, -0.2) is 4.68 Å². The molecular weight excluding hydrogens is 430 g/mol. The van der Waals surface area contributed by atoms with Gasteiger partial charge in [0.15, 0.2) is 11.4 Å². The smallest absolute Gasteiger partial charge is 0.294 e. The zero-order valence-corrected chi connectivity index (χ0v) is 19.2. The number of carbonyl (C=O) groups is 1. The first-order chi connectivity index (χ1) is 16.4. The first kappa shape index (κ1) is 22.7. The van der Waals surface area contributed by atoms with Crippen LogP contribution in [0, 0.1) is 13.8 Å². The Morgan fingerprint density at radius 3 is 2.44 bits per heavy atom. The number of benzene rings is 2. The maximum Gasteiger partial charge on any atom is 0.294 e. The van der Waals surface area contributed by atoms with Crippen LogP contribution in [0.25, 0.3) is 0 Å². The second-order valence-electron chi connectivity index (χ2n) is 7.92. The zero-order valence-electron chi connectivity index (χ0n) is 19.2. The van der Waals surface area contributed by atoms with Crippen molar-refractivity contribution in [3.05, 3.63) is 106 Å². The minimum absolute atomic E-state index is 0.193. The lowest BCUT2D eigenvalue weighted by atomic mass is 10.1. The van der Waals surface area contributed by atoms with Crippen molar-refractivity contribution in [3.63, 3.8) is 0 Å². The van der Waals surface area contributed by atoms with Gasteiger partial charge in [-0.15, -0.1) is 0 Å². The van der Waals surface area contributed by atoms with Crippen molar-refractivity contribution in [3.8, 4) is 11.5 Å². The molecule has 0 bridgehead atoms. The standard InChI is InChI=1S/C26H25N5O3/c1-17-4-9-22(18(2)14-17)34-23-16-29-31(3)26(33)24(23)30-21-7-5-20(6-8-21)25(32)28-15-19-10-12-27-13-11-19/h4-14,16,30H,15H2,1-3H3,(H,28,32). The molecule has 34 heavy (non-hydrogen) atoms. The number of hydrogen-bond donors (Lipinski definition) is 2. The van der Waals surface area contributed by atoms with Crippen LogP contribution in [0.15, 0.2) is 78.0 Å². The molecule has 4 aromatic rings. The number of nitrogens with zero attached hydrogens (tertiary/aromatic N) is 3. The van der Waals surface area contributed by atoms with Crippen molar-refractivity contribution < 1.29 is 9.53 Å². The van der Waals surface area contributed by atoms with Gasteiger partial charge in [0.05, 0.1) is 6.20 Å². The number of aromatic nitrogens is 3. The Balaban J connectivity index is 1.51. The van der Waals surface area contributed by atoms with E-state index in [0.717, 1.165) is 16.7 Å². The molecule has 2 aromatic carbocycles. The lowest BCUT2D eigenvalue weighted by molar-refractivity contribution is 0.0951. The Morgan fingerprint density at radius 1 is 1.00 bits per heavy atom. The third-order valence-electron chi connectivity index (χ3n) is 5.27. The molecule has 2 N–H and O–H groups in total. The predicted molar refractivity (Wildman–Crippen MR) is 131 cm³/mol. The fraction of sp³-hybridized carbons (Fsp3) is 0.154. The van der Waals surface area contributed by atoms with E-state index in [0.29, 0.717) is 29.3 Å². The molecule has 1 amide bonds. The van der Waals surface area contributed by atoms with Gasteiger partial charge in [-0.3, -0.25) is 14.6 Å². The van der Waals surface area contributed by atoms with E-state index in [4.69, 9.17) is 4.74 Å². The number of anilines is 2. The second kappa shape index (κ2) is 9.99. The quantitative estimate of drug-likeness (QED) is 0.432. The molecule has 0 atom stereocenters. The van der Waals surface area contributed by atoms with Crippen LogP contribution in [0.5, 0.6) is 11.5 Å². The van der Waals surface area contributed by atoms with Crippen molar-refractivity contribution in [1.29, 1.82) is 0 Å². The van der Waals surface area contributed by atoms with Crippen LogP contribution in [0.4, 0.5) is 11.4 Å². The maximum atomic E-state index is 12.8. The molecule has 4 rings (SSSR count). The number of nitrogens with one attached hydrogen (secondary N) is 2. The summed E-state index contributed by atoms with van der Waals surface area (Å²) in [7, 11) is 1.57. The molecular formula is C26H25N5O3. The summed E-state index contributed by atoms with van der Waals surface area (Å²) in [4.78, 5) is 29.2. The van der Waals surface area contributed by atoms with Crippen molar-refractivity contribution in [1.82, 2.24) is 20.1 Å². The summed E-state index contributed by atoms with van der Waals surface area (Å²) in [5.74, 6) is 0.765. The van der Waals surface area contributed by atoms with Gasteiger partial charge in [-0.05, 0) is 67.4 Å². The lowest BCUT2D eigenvalue weighted by Crippen LogP contribution is -2.23. The highest BCUT2D eigenvalue weighted by Crippen LogP contribution is 2.30. The fourth-order valence-corrected chi connectivity index (χ4v) is 3.38. The highest BCUT2D eigenvalue weighted by atomic mass is 16.5. The van der Waals surface area contributed by atoms with E-state index >= 15 is 0 Å². The van der Waals surface area contributed by atoms with Crippen LogP contribution in [0.1, 0.15) is 27.0 Å². The normalized spacial score (nSPS) is 10.6. The Morgan fingerprint density at radius 2 is 1.74 bits per heavy atom. The molecule has 0 aliphatic heterocycles. The lowest BCUT2D eigenvalue weighted by Gasteiger charge is -2.15. The summed E-state index contributed by atoms with van der Waals surface area (Å²) in [6.07, 6.45) is 4.87. The number of carbonyl (C=O) groups excluding carboxylic acids is 1. The Kier molecular flexibility index (Phi) is 6.68. The SMILES string of the molecule is Cc1ccc(Oc2cnn(C)c(=O)c2Nc2ccc(C(=O)NCc3ccncc3)cc2)c(C)c1. The minimum atomic E-state index is -0.332. The molecule has 8 nitrogen and oxygen atoms in total. The van der Waals surface area contributed by atoms with Crippen molar-refractivity contribution in [2.45, 2.75) is 20.4 Å². The number of pyridine rings is 1. The van der Waals surface area contributed by atoms with Gasteiger partial charge < -0.3 is 15.4 Å². The van der Waals surface area contributed by atoms with E-state index in [9.17, 15) is 9.59 Å². The van der Waals surface area contributed by atoms with Crippen LogP contribution in [-0.2, 0) is 13.6 Å². The topological polar surface area (TPSA) is 98.1 Å². The Bertz CT molecular complexity index is 1370. The molecule has 2 aromatic heterocycles. The highest BCUT2D eigenvalue weighted by Gasteiger charge is 2.14. The molecule has 8 heteroatoms. The van der Waals surface area contributed by atoms with E-state index in [1.807, 2.05) is 44.2 Å². The van der Waals surface area contributed by atoms with Gasteiger partial charge in [0.1, 0.15) is 5.75 Å². The molecule has 0 aliphatic carbocycles. The Hall–Kier alpha value is -4.46. The van der Waals surface area contributed by atoms with Crippen molar-refractivity contribution in [2.24, 2.45) is 7.05 Å². The van der Waals surface area contributed by atoms with Gasteiger partial charge in [0.25, 0.3) is 11.5 Å². The van der Waals surface area contributed by atoms with E-state index in [2.05, 4.69) is 20.7 Å². The summed E-state index contributed by atoms with van der Waals surface area (Å²) in [6, 6.07) is 16.4. The molecule has 0 spiro atoms. The van der Waals surface area contributed by atoms with Crippen LogP contribution < -0.4 is 20.9 Å². The van der Waals surface area contributed by atoms with Crippen LogP contribution >= 0.6 is 0 Å². The average Bonchev–Trinajstić information content (AvgIpc) is 2.84. The van der Waals surface area contributed by atoms with E-state index in [1.54, 1.807) is 43.7 Å². The van der Waals surface area contributed by atoms with Gasteiger partial charge in [-0.2, -0.15) is 5.10 Å². The molecule has 0 fully saturated rings. The molecule has 0 aliphatic rings. The number of ether oxygens (including phenoxy) is 1. The van der Waals surface area contributed by atoms with E-state index in [-0.39, 0.29) is 17.2 Å². The molecule has 172 valence electrons. The van der Waals surface area contributed by atoms with Gasteiger partial charge in [0.2, 0.25) is 0 Å². The average molecular weight is 456 g/mol. The van der Waals surface area contributed by atoms with Crippen LogP contribution in [0.3, 0.4) is 0 Å². The molecule has 0 unspecified atom stereocenters. The molecule has 2 heterocycles. The van der Waals surface area contributed by atoms with Crippen LogP contribution in [0.2, 0.25) is 0 Å². The minimum Gasteiger partial charge on any atom is -0.453 e. The van der Waals surface area contributed by atoms with Crippen molar-refractivity contribution in [2.75, 3.05) is 5.32 Å². The monoisotopic (exact) mass is 455 g/mol. The summed E-state index contributed by atoms with van der Waals surface area (Å²) in [5, 5.41) is 10.1. The third kappa shape index (κ3) is 5.29. The maximum absolute atomic E-state index is 12.8. The highest BCUT2D eigenvalue weighted by molar-refractivity contribution is 5.94. The Labute approximate surface area is 197 Å². The first-order valence-corrected chi connectivity index (χ1v) is 10.8. The number of aryl methyl sites for hydroxylation is 3. The molecule has 0 saturated carbocycles. The number of rotatable bonds is 7. The van der Waals surface area contributed by atoms with E-state index in [1.165, 1.54) is 10.9 Å². The van der Waals surface area contributed by atoms with Gasteiger partial charge in [0, 0.05) is 37.2 Å². The fourth-order valence-electron chi connectivity index (χ4n) is 3.38. The summed E-state index contributed by atoms with van der Waals surface area (Å²) in [6.45, 7) is 4.36. The number of amides is 1. The largest absolute Gasteiger partial charge is 0.453 e. The zero-order chi connectivity index (χ0) is 24.1.